The first-order valence-corrected chi connectivity index (χ1v) is 10.3. The highest BCUT2D eigenvalue weighted by Gasteiger charge is 2.41. The second-order valence-corrected chi connectivity index (χ2v) is 7.07. The molecule has 0 aromatic heterocycles. The third kappa shape index (κ3) is 5.56. The number of amides is 4. The zero-order chi connectivity index (χ0) is 22.1. The summed E-state index contributed by atoms with van der Waals surface area (Å²) >= 11 is 0. The molecule has 0 spiro atoms. The zero-order valence-corrected chi connectivity index (χ0v) is 17.5. The van der Waals surface area contributed by atoms with E-state index in [-0.39, 0.29) is 41.7 Å². The van der Waals surface area contributed by atoms with Crippen molar-refractivity contribution in [1.82, 2.24) is 15.5 Å². The van der Waals surface area contributed by atoms with Gasteiger partial charge in [0.1, 0.15) is 5.75 Å². The van der Waals surface area contributed by atoms with Crippen LogP contribution in [0.2, 0.25) is 0 Å². The van der Waals surface area contributed by atoms with Crippen LogP contribution in [0.4, 0.5) is 0 Å². The molecule has 1 aliphatic heterocycles. The summed E-state index contributed by atoms with van der Waals surface area (Å²) in [6.45, 7) is 2.68. The van der Waals surface area contributed by atoms with E-state index in [9.17, 15) is 19.2 Å². The highest BCUT2D eigenvalue weighted by Crippen LogP contribution is 2.33. The first kappa shape index (κ1) is 23.3. The van der Waals surface area contributed by atoms with E-state index < -0.39 is 17.9 Å². The van der Waals surface area contributed by atoms with Gasteiger partial charge in [0.05, 0.1) is 11.1 Å². The molecule has 0 aliphatic carbocycles. The molecule has 0 saturated carbocycles. The smallest absolute Gasteiger partial charge is 0.265 e. The van der Waals surface area contributed by atoms with Crippen molar-refractivity contribution in [2.75, 3.05) is 26.7 Å². The summed E-state index contributed by atoms with van der Waals surface area (Å²) in [4.78, 5) is 50.7. The molecule has 0 radical (unpaired) electrons. The van der Waals surface area contributed by atoms with Crippen LogP contribution in [0.15, 0.2) is 18.2 Å². The van der Waals surface area contributed by atoms with E-state index in [1.54, 1.807) is 25.2 Å². The van der Waals surface area contributed by atoms with Gasteiger partial charge < -0.3 is 21.1 Å². The van der Waals surface area contributed by atoms with Crippen molar-refractivity contribution in [3.63, 3.8) is 0 Å². The minimum atomic E-state index is -0.460. The number of fused-ring (bicyclic) bond motifs is 1. The molecule has 0 fully saturated rings. The van der Waals surface area contributed by atoms with E-state index in [0.29, 0.717) is 25.9 Å². The number of nitrogens with zero attached hydrogens (tertiary/aromatic N) is 1. The third-order valence-electron chi connectivity index (χ3n) is 5.04. The highest BCUT2D eigenvalue weighted by molar-refractivity contribution is 6.22. The van der Waals surface area contributed by atoms with E-state index in [1.807, 2.05) is 6.92 Å². The molecule has 1 aliphatic rings. The van der Waals surface area contributed by atoms with E-state index in [2.05, 4.69) is 10.6 Å². The Morgan fingerprint density at radius 2 is 1.93 bits per heavy atom. The number of hydrogen-bond acceptors (Lipinski definition) is 6. The van der Waals surface area contributed by atoms with Crippen LogP contribution in [0.3, 0.4) is 0 Å². The molecule has 4 amide bonds. The van der Waals surface area contributed by atoms with Gasteiger partial charge in [0, 0.05) is 26.1 Å². The van der Waals surface area contributed by atoms with Crippen molar-refractivity contribution in [2.24, 2.45) is 5.73 Å². The third-order valence-corrected chi connectivity index (χ3v) is 5.04. The van der Waals surface area contributed by atoms with Crippen LogP contribution < -0.4 is 21.1 Å². The molecule has 2 rings (SSSR count). The summed E-state index contributed by atoms with van der Waals surface area (Å²) in [5, 5.41) is 5.27. The average Bonchev–Trinajstić information content (AvgIpc) is 3.01. The van der Waals surface area contributed by atoms with Crippen molar-refractivity contribution in [3.8, 4) is 5.75 Å². The highest BCUT2D eigenvalue weighted by atomic mass is 16.5. The molecule has 30 heavy (non-hydrogen) atoms. The maximum absolute atomic E-state index is 13.0. The molecule has 164 valence electrons. The fraction of sp³-hybridized carbons (Fsp3) is 0.524. The summed E-state index contributed by atoms with van der Waals surface area (Å²) < 4.78 is 5.56. The number of ether oxygens (including phenoxy) is 1. The molecule has 9 heteroatoms. The minimum Gasteiger partial charge on any atom is -0.483 e. The number of nitrogens with one attached hydrogen (secondary N) is 2. The van der Waals surface area contributed by atoms with Crippen LogP contribution in [0.5, 0.6) is 5.75 Å². The van der Waals surface area contributed by atoms with Gasteiger partial charge in [-0.3, -0.25) is 24.1 Å². The van der Waals surface area contributed by atoms with Gasteiger partial charge in [-0.1, -0.05) is 13.0 Å². The Labute approximate surface area is 176 Å². The van der Waals surface area contributed by atoms with Crippen molar-refractivity contribution >= 4 is 23.6 Å². The van der Waals surface area contributed by atoms with Gasteiger partial charge in [-0.15, -0.1) is 0 Å². The van der Waals surface area contributed by atoms with Gasteiger partial charge in [0.15, 0.2) is 6.61 Å². The van der Waals surface area contributed by atoms with Crippen molar-refractivity contribution in [1.29, 1.82) is 0 Å². The predicted molar refractivity (Wildman–Crippen MR) is 111 cm³/mol. The number of unbranched alkanes of at least 4 members (excludes halogenated alkanes) is 1. The molecule has 1 heterocycles. The first-order chi connectivity index (χ1) is 14.4. The normalized spacial score (nSPS) is 13.8. The lowest BCUT2D eigenvalue weighted by molar-refractivity contribution is -0.123. The SMILES string of the molecule is CCC(CCC(=O)NC)N1C(=O)c2cccc(OCC(=O)NCCCCN)c2C1=O. The van der Waals surface area contributed by atoms with Gasteiger partial charge in [0.2, 0.25) is 5.91 Å². The van der Waals surface area contributed by atoms with Crippen LogP contribution >= 0.6 is 0 Å². The number of imide groups is 1. The Morgan fingerprint density at radius 3 is 2.60 bits per heavy atom. The second kappa shape index (κ2) is 11.3. The number of benzene rings is 1. The van der Waals surface area contributed by atoms with Gasteiger partial charge in [0.25, 0.3) is 17.7 Å². The number of nitrogens with two attached hydrogens (primary N) is 1. The Hall–Kier alpha value is -2.94. The number of rotatable bonds is 12. The first-order valence-electron chi connectivity index (χ1n) is 10.3. The van der Waals surface area contributed by atoms with Crippen molar-refractivity contribution < 1.29 is 23.9 Å². The summed E-state index contributed by atoms with van der Waals surface area (Å²) in [6, 6.07) is 4.36. The Morgan fingerprint density at radius 1 is 1.17 bits per heavy atom. The summed E-state index contributed by atoms with van der Waals surface area (Å²) in [5.41, 5.74) is 5.83. The number of carbonyl (C=O) groups excluding carboxylic acids is 4. The average molecular weight is 418 g/mol. The molecule has 9 nitrogen and oxygen atoms in total. The van der Waals surface area contributed by atoms with Crippen LogP contribution in [0.25, 0.3) is 0 Å². The fourth-order valence-corrected chi connectivity index (χ4v) is 3.35. The number of hydrogen-bond donors (Lipinski definition) is 3. The largest absolute Gasteiger partial charge is 0.483 e. The quantitative estimate of drug-likeness (QED) is 0.340. The lowest BCUT2D eigenvalue weighted by Gasteiger charge is -2.24. The summed E-state index contributed by atoms with van der Waals surface area (Å²) in [7, 11) is 1.54. The molecule has 1 atom stereocenters. The maximum atomic E-state index is 13.0. The van der Waals surface area contributed by atoms with Crippen molar-refractivity contribution in [3.05, 3.63) is 29.3 Å². The molecular weight excluding hydrogens is 388 g/mol. The van der Waals surface area contributed by atoms with E-state index >= 15 is 0 Å². The number of carbonyl (C=O) groups is 4. The van der Waals surface area contributed by atoms with Gasteiger partial charge >= 0.3 is 0 Å². The fourth-order valence-electron chi connectivity index (χ4n) is 3.35. The Bertz CT molecular complexity index is 796. The van der Waals surface area contributed by atoms with Crippen molar-refractivity contribution in [2.45, 2.75) is 45.1 Å². The second-order valence-electron chi connectivity index (χ2n) is 7.07. The lowest BCUT2D eigenvalue weighted by Crippen LogP contribution is -2.40. The van der Waals surface area contributed by atoms with Crippen LogP contribution in [-0.2, 0) is 9.59 Å². The van der Waals surface area contributed by atoms with Gasteiger partial charge in [-0.05, 0) is 44.4 Å². The van der Waals surface area contributed by atoms with Crippen LogP contribution in [0, 0.1) is 0 Å². The van der Waals surface area contributed by atoms with Crippen LogP contribution in [0.1, 0.15) is 59.7 Å². The monoisotopic (exact) mass is 418 g/mol. The summed E-state index contributed by atoms with van der Waals surface area (Å²) in [5.74, 6) is -1.12. The molecular formula is C21H30N4O5. The molecule has 4 N–H and O–H groups in total. The molecule has 0 bridgehead atoms. The minimum absolute atomic E-state index is 0.147. The molecule has 0 saturated heterocycles. The maximum Gasteiger partial charge on any atom is 0.265 e. The molecule has 1 aromatic carbocycles. The predicted octanol–water partition coefficient (Wildman–Crippen LogP) is 0.821. The standard InChI is InChI=1S/C21H30N4O5/c1-3-14(9-10-17(26)23-2)25-20(28)15-7-6-8-16(19(15)21(25)29)30-13-18(27)24-12-5-4-11-22/h6-8,14H,3-5,9-13,22H2,1-2H3,(H,23,26)(H,24,27). The topological polar surface area (TPSA) is 131 Å². The van der Waals surface area contributed by atoms with Crippen LogP contribution in [-0.4, -0.2) is 61.3 Å². The molecule has 1 unspecified atom stereocenters. The zero-order valence-electron chi connectivity index (χ0n) is 17.5. The Balaban J connectivity index is 2.08. The lowest BCUT2D eigenvalue weighted by atomic mass is 10.1. The van der Waals surface area contributed by atoms with Gasteiger partial charge in [-0.25, -0.2) is 0 Å². The molecule has 1 aromatic rings. The summed E-state index contributed by atoms with van der Waals surface area (Å²) in [6.07, 6.45) is 2.72. The van der Waals surface area contributed by atoms with E-state index in [0.717, 1.165) is 12.8 Å². The van der Waals surface area contributed by atoms with Gasteiger partial charge in [-0.2, -0.15) is 0 Å². The van der Waals surface area contributed by atoms with E-state index in [4.69, 9.17) is 10.5 Å². The Kier molecular flexibility index (Phi) is 8.79. The van der Waals surface area contributed by atoms with E-state index in [1.165, 1.54) is 4.90 Å².